The van der Waals surface area contributed by atoms with E-state index in [2.05, 4.69) is 15.6 Å². The fourth-order valence-corrected chi connectivity index (χ4v) is 3.53. The summed E-state index contributed by atoms with van der Waals surface area (Å²) in [5.41, 5.74) is 1.62. The predicted molar refractivity (Wildman–Crippen MR) is 105 cm³/mol. The largest absolute Gasteiger partial charge is 0.484 e. The summed E-state index contributed by atoms with van der Waals surface area (Å²) in [6.45, 7) is 0.282. The van der Waals surface area contributed by atoms with Gasteiger partial charge >= 0.3 is 0 Å². The van der Waals surface area contributed by atoms with Gasteiger partial charge in [0.2, 0.25) is 5.91 Å². The number of benzene rings is 2. The lowest BCUT2D eigenvalue weighted by atomic mass is 10.3. The minimum Gasteiger partial charge on any atom is -0.484 e. The molecular weight excluding hydrogens is 362 g/mol. The zero-order chi connectivity index (χ0) is 18.6. The summed E-state index contributed by atoms with van der Waals surface area (Å²) in [6.07, 6.45) is 1.91. The summed E-state index contributed by atoms with van der Waals surface area (Å²) >= 11 is 1.56. The molecule has 2 aromatic carbocycles. The molecule has 0 unspecified atom stereocenters. The minimum absolute atomic E-state index is 0.0423. The summed E-state index contributed by atoms with van der Waals surface area (Å²) in [4.78, 5) is 28.3. The third-order valence-electron chi connectivity index (χ3n) is 4.19. The Kier molecular flexibility index (Phi) is 5.02. The van der Waals surface area contributed by atoms with Crippen molar-refractivity contribution >= 4 is 39.1 Å². The molecule has 138 valence electrons. The van der Waals surface area contributed by atoms with Gasteiger partial charge in [0.05, 0.1) is 16.8 Å². The lowest BCUT2D eigenvalue weighted by Gasteiger charge is -2.09. The molecule has 2 N–H and O–H groups in total. The minimum atomic E-state index is -0.221. The van der Waals surface area contributed by atoms with Crippen molar-refractivity contribution in [2.24, 2.45) is 5.92 Å². The molecule has 27 heavy (non-hydrogen) atoms. The van der Waals surface area contributed by atoms with Crippen LogP contribution in [0, 0.1) is 5.92 Å². The first-order valence-electron chi connectivity index (χ1n) is 8.82. The molecule has 2 amide bonds. The number of anilines is 1. The monoisotopic (exact) mass is 381 g/mol. The van der Waals surface area contributed by atoms with Crippen LogP contribution in [0.15, 0.2) is 48.5 Å². The molecule has 1 heterocycles. The van der Waals surface area contributed by atoms with E-state index in [-0.39, 0.29) is 24.3 Å². The van der Waals surface area contributed by atoms with Gasteiger partial charge in [-0.25, -0.2) is 4.98 Å². The van der Waals surface area contributed by atoms with Crippen molar-refractivity contribution in [1.29, 1.82) is 0 Å². The first kappa shape index (κ1) is 17.5. The third kappa shape index (κ3) is 4.62. The molecule has 0 atom stereocenters. The van der Waals surface area contributed by atoms with E-state index in [1.165, 1.54) is 0 Å². The smallest absolute Gasteiger partial charge is 0.258 e. The normalized spacial score (nSPS) is 13.3. The molecule has 7 heteroatoms. The molecule has 1 aliphatic rings. The SMILES string of the molecule is O=C(COc1cccc(NC(=O)C2CC2)c1)NCc1nc2ccccc2s1. The number of carbonyl (C=O) groups excluding carboxylic acids is 2. The van der Waals surface area contributed by atoms with E-state index >= 15 is 0 Å². The molecule has 0 saturated heterocycles. The van der Waals surface area contributed by atoms with Crippen molar-refractivity contribution < 1.29 is 14.3 Å². The number of hydrogen-bond donors (Lipinski definition) is 2. The first-order chi connectivity index (χ1) is 13.2. The summed E-state index contributed by atoms with van der Waals surface area (Å²) < 4.78 is 6.63. The van der Waals surface area contributed by atoms with Gasteiger partial charge in [-0.15, -0.1) is 11.3 Å². The molecule has 1 saturated carbocycles. The topological polar surface area (TPSA) is 80.3 Å². The summed E-state index contributed by atoms with van der Waals surface area (Å²) in [5.74, 6) is 0.504. The Morgan fingerprint density at radius 2 is 2.00 bits per heavy atom. The van der Waals surface area contributed by atoms with Gasteiger partial charge in [0.25, 0.3) is 5.91 Å². The zero-order valence-electron chi connectivity index (χ0n) is 14.6. The van der Waals surface area contributed by atoms with Crippen molar-refractivity contribution in [1.82, 2.24) is 10.3 Å². The maximum Gasteiger partial charge on any atom is 0.258 e. The van der Waals surface area contributed by atoms with E-state index in [0.29, 0.717) is 18.0 Å². The van der Waals surface area contributed by atoms with E-state index < -0.39 is 0 Å². The van der Waals surface area contributed by atoms with Gasteiger partial charge in [0.1, 0.15) is 10.8 Å². The predicted octanol–water partition coefficient (Wildman–Crippen LogP) is 3.34. The Morgan fingerprint density at radius 1 is 1.15 bits per heavy atom. The number of amides is 2. The Morgan fingerprint density at radius 3 is 2.81 bits per heavy atom. The average molecular weight is 381 g/mol. The molecule has 3 aromatic rings. The van der Waals surface area contributed by atoms with Crippen LogP contribution in [-0.4, -0.2) is 23.4 Å². The van der Waals surface area contributed by atoms with Crippen molar-refractivity contribution in [3.8, 4) is 5.75 Å². The van der Waals surface area contributed by atoms with Gasteiger partial charge < -0.3 is 15.4 Å². The van der Waals surface area contributed by atoms with Crippen molar-refractivity contribution in [2.45, 2.75) is 19.4 Å². The molecule has 0 spiro atoms. The van der Waals surface area contributed by atoms with E-state index in [1.54, 1.807) is 35.6 Å². The van der Waals surface area contributed by atoms with E-state index in [4.69, 9.17) is 4.74 Å². The Bertz CT molecular complexity index is 948. The van der Waals surface area contributed by atoms with Gasteiger partial charge in [-0.2, -0.15) is 0 Å². The number of nitrogens with zero attached hydrogens (tertiary/aromatic N) is 1. The van der Waals surface area contributed by atoms with Crippen LogP contribution in [0.2, 0.25) is 0 Å². The second-order valence-corrected chi connectivity index (χ2v) is 7.55. The number of rotatable bonds is 7. The number of ether oxygens (including phenoxy) is 1. The van der Waals surface area contributed by atoms with Crippen LogP contribution in [0.4, 0.5) is 5.69 Å². The van der Waals surface area contributed by atoms with Crippen LogP contribution in [0.25, 0.3) is 10.2 Å². The Hall–Kier alpha value is -2.93. The highest BCUT2D eigenvalue weighted by atomic mass is 32.1. The van der Waals surface area contributed by atoms with Gasteiger partial charge in [-0.1, -0.05) is 18.2 Å². The van der Waals surface area contributed by atoms with Gasteiger partial charge in [0.15, 0.2) is 6.61 Å². The van der Waals surface area contributed by atoms with Crippen LogP contribution >= 0.6 is 11.3 Å². The molecule has 1 fully saturated rings. The highest BCUT2D eigenvalue weighted by Gasteiger charge is 2.29. The molecule has 1 aliphatic carbocycles. The second kappa shape index (κ2) is 7.75. The zero-order valence-corrected chi connectivity index (χ0v) is 15.4. The van der Waals surface area contributed by atoms with Crippen LogP contribution < -0.4 is 15.4 Å². The molecule has 0 aliphatic heterocycles. The van der Waals surface area contributed by atoms with Crippen LogP contribution in [-0.2, 0) is 16.1 Å². The molecule has 0 radical (unpaired) electrons. The molecular formula is C20H19N3O3S. The Balaban J connectivity index is 1.26. The standard InChI is InChI=1S/C20H19N3O3S/c24-18(21-11-19-23-16-6-1-2-7-17(16)27-19)12-26-15-5-3-4-14(10-15)22-20(25)13-8-9-13/h1-7,10,13H,8-9,11-12H2,(H,21,24)(H,22,25). The fourth-order valence-electron chi connectivity index (χ4n) is 2.62. The number of aromatic nitrogens is 1. The number of para-hydroxylation sites is 1. The van der Waals surface area contributed by atoms with Gasteiger partial charge in [-0.3, -0.25) is 9.59 Å². The fraction of sp³-hybridized carbons (Fsp3) is 0.250. The van der Waals surface area contributed by atoms with Crippen molar-refractivity contribution in [2.75, 3.05) is 11.9 Å². The van der Waals surface area contributed by atoms with E-state index in [0.717, 1.165) is 28.1 Å². The maximum absolute atomic E-state index is 12.0. The van der Waals surface area contributed by atoms with Crippen LogP contribution in [0.1, 0.15) is 17.8 Å². The molecule has 4 rings (SSSR count). The summed E-state index contributed by atoms with van der Waals surface area (Å²) in [5, 5.41) is 6.54. The number of carbonyl (C=O) groups is 2. The average Bonchev–Trinajstić information content (AvgIpc) is 3.44. The van der Waals surface area contributed by atoms with Crippen molar-refractivity contribution in [3.63, 3.8) is 0 Å². The first-order valence-corrected chi connectivity index (χ1v) is 9.64. The molecule has 6 nitrogen and oxygen atoms in total. The maximum atomic E-state index is 12.0. The van der Waals surface area contributed by atoms with Crippen LogP contribution in [0.5, 0.6) is 5.75 Å². The van der Waals surface area contributed by atoms with E-state index in [9.17, 15) is 9.59 Å². The molecule has 0 bridgehead atoms. The third-order valence-corrected chi connectivity index (χ3v) is 5.23. The highest BCUT2D eigenvalue weighted by molar-refractivity contribution is 7.18. The molecule has 1 aromatic heterocycles. The number of hydrogen-bond acceptors (Lipinski definition) is 5. The summed E-state index contributed by atoms with van der Waals surface area (Å²) in [6, 6.07) is 15.0. The van der Waals surface area contributed by atoms with Gasteiger partial charge in [0, 0.05) is 17.7 Å². The lowest BCUT2D eigenvalue weighted by Crippen LogP contribution is -2.28. The Labute approximate surface area is 160 Å². The number of thiazole rings is 1. The number of fused-ring (bicyclic) bond motifs is 1. The van der Waals surface area contributed by atoms with Crippen molar-refractivity contribution in [3.05, 3.63) is 53.5 Å². The highest BCUT2D eigenvalue weighted by Crippen LogP contribution is 2.30. The van der Waals surface area contributed by atoms with E-state index in [1.807, 2.05) is 24.3 Å². The van der Waals surface area contributed by atoms with Crippen LogP contribution in [0.3, 0.4) is 0 Å². The lowest BCUT2D eigenvalue weighted by molar-refractivity contribution is -0.123. The quantitative estimate of drug-likeness (QED) is 0.658. The number of nitrogens with one attached hydrogen (secondary N) is 2. The van der Waals surface area contributed by atoms with Gasteiger partial charge in [-0.05, 0) is 37.1 Å². The second-order valence-electron chi connectivity index (χ2n) is 6.43. The summed E-state index contributed by atoms with van der Waals surface area (Å²) in [7, 11) is 0.